The first-order valence-corrected chi connectivity index (χ1v) is 7.28. The van der Waals surface area contributed by atoms with Crippen molar-refractivity contribution in [3.8, 4) is 0 Å². The molecule has 1 fully saturated rings. The summed E-state index contributed by atoms with van der Waals surface area (Å²) >= 11 is 0. The first kappa shape index (κ1) is 13.9. The van der Waals surface area contributed by atoms with E-state index in [1.54, 1.807) is 12.1 Å². The summed E-state index contributed by atoms with van der Waals surface area (Å²) in [6.45, 7) is 4.46. The molecule has 6 nitrogen and oxygen atoms in total. The number of rotatable bonds is 3. The van der Waals surface area contributed by atoms with Crippen molar-refractivity contribution in [2.45, 2.75) is 45.6 Å². The van der Waals surface area contributed by atoms with Crippen LogP contribution in [0, 0.1) is 15.5 Å². The molecule has 1 atom stereocenters. The number of hydrogen-bond donors (Lipinski definition) is 1. The molecule has 0 aliphatic heterocycles. The highest BCUT2D eigenvalue weighted by Gasteiger charge is 2.33. The lowest BCUT2D eigenvalue weighted by atomic mass is 9.73. The number of nitrogens with zero attached hydrogens (tertiary/aromatic N) is 2. The molecule has 0 amide bonds. The molecule has 1 aliphatic carbocycles. The van der Waals surface area contributed by atoms with Crippen LogP contribution in [-0.2, 0) is 0 Å². The monoisotopic (exact) mass is 289 g/mol. The van der Waals surface area contributed by atoms with Gasteiger partial charge in [-0.25, -0.2) is 0 Å². The lowest BCUT2D eigenvalue weighted by molar-refractivity contribution is -0.383. The molecule has 0 bridgehead atoms. The molecule has 1 heterocycles. The number of hydrogen-bond acceptors (Lipinski definition) is 5. The number of anilines is 1. The largest absolute Gasteiger partial charge is 0.423 e. The molecule has 1 saturated carbocycles. The zero-order valence-electron chi connectivity index (χ0n) is 12.3. The summed E-state index contributed by atoms with van der Waals surface area (Å²) in [5.74, 6) is 0. The Morgan fingerprint density at radius 3 is 2.95 bits per heavy atom. The third kappa shape index (κ3) is 2.57. The molecule has 1 N–H and O–H groups in total. The summed E-state index contributed by atoms with van der Waals surface area (Å²) < 4.78 is 5.63. The van der Waals surface area contributed by atoms with Gasteiger partial charge in [-0.1, -0.05) is 32.8 Å². The molecule has 6 heteroatoms. The van der Waals surface area contributed by atoms with Gasteiger partial charge in [0.1, 0.15) is 0 Å². The van der Waals surface area contributed by atoms with Crippen molar-refractivity contribution in [3.05, 3.63) is 28.3 Å². The minimum atomic E-state index is -0.431. The minimum Gasteiger partial charge on any atom is -0.423 e. The molecule has 3 rings (SSSR count). The van der Waals surface area contributed by atoms with E-state index in [2.05, 4.69) is 24.1 Å². The molecule has 2 aromatic rings. The van der Waals surface area contributed by atoms with Crippen LogP contribution >= 0.6 is 0 Å². The maximum absolute atomic E-state index is 11.0. The van der Waals surface area contributed by atoms with Crippen LogP contribution in [0.25, 0.3) is 11.1 Å². The van der Waals surface area contributed by atoms with Gasteiger partial charge in [-0.05, 0) is 24.3 Å². The maximum Gasteiger partial charge on any atom is 0.298 e. The van der Waals surface area contributed by atoms with Crippen molar-refractivity contribution in [2.75, 3.05) is 5.32 Å². The molecule has 0 spiro atoms. The molecule has 0 radical (unpaired) electrons. The second kappa shape index (κ2) is 5.02. The number of benzene rings is 1. The molecule has 0 saturated heterocycles. The van der Waals surface area contributed by atoms with Crippen LogP contribution in [0.1, 0.15) is 39.5 Å². The standard InChI is InChI=1S/C15H19N3O3/c1-15(2)9-4-3-8-12(15)16-14-17-13-10(18(19)20)6-5-7-11(13)21-14/h5-7,12H,3-4,8-9H2,1-2H3,(H,16,17). The van der Waals surface area contributed by atoms with Crippen LogP contribution in [-0.4, -0.2) is 15.9 Å². The van der Waals surface area contributed by atoms with Crippen molar-refractivity contribution >= 4 is 22.8 Å². The molecular formula is C15H19N3O3. The zero-order chi connectivity index (χ0) is 15.0. The van der Waals surface area contributed by atoms with Crippen molar-refractivity contribution in [2.24, 2.45) is 5.41 Å². The second-order valence-electron chi connectivity index (χ2n) is 6.33. The van der Waals surface area contributed by atoms with Crippen molar-refractivity contribution in [3.63, 3.8) is 0 Å². The number of nitro benzene ring substituents is 1. The Hall–Kier alpha value is -2.11. The third-order valence-corrected chi connectivity index (χ3v) is 4.40. The lowest BCUT2D eigenvalue weighted by Crippen LogP contribution is -2.38. The predicted molar refractivity (Wildman–Crippen MR) is 80.3 cm³/mol. The molecular weight excluding hydrogens is 270 g/mol. The average molecular weight is 289 g/mol. The summed E-state index contributed by atoms with van der Waals surface area (Å²) in [6.07, 6.45) is 4.64. The number of non-ortho nitro benzene ring substituents is 1. The molecule has 112 valence electrons. The van der Waals surface area contributed by atoms with E-state index in [0.717, 1.165) is 12.8 Å². The molecule has 21 heavy (non-hydrogen) atoms. The van der Waals surface area contributed by atoms with Gasteiger partial charge >= 0.3 is 0 Å². The maximum atomic E-state index is 11.0. The fourth-order valence-corrected chi connectivity index (χ4v) is 3.05. The summed E-state index contributed by atoms with van der Waals surface area (Å²) in [6, 6.07) is 5.41. The van der Waals surface area contributed by atoms with E-state index in [1.165, 1.54) is 18.9 Å². The number of para-hydroxylation sites is 1. The van der Waals surface area contributed by atoms with Gasteiger partial charge in [0.2, 0.25) is 0 Å². The van der Waals surface area contributed by atoms with Gasteiger partial charge in [0.15, 0.2) is 11.1 Å². The minimum absolute atomic E-state index is 0.0211. The van der Waals surface area contributed by atoms with Gasteiger partial charge in [-0.15, -0.1) is 0 Å². The highest BCUT2D eigenvalue weighted by atomic mass is 16.6. The highest BCUT2D eigenvalue weighted by molar-refractivity contribution is 5.84. The van der Waals surface area contributed by atoms with E-state index < -0.39 is 4.92 Å². The summed E-state index contributed by atoms with van der Waals surface area (Å²) in [4.78, 5) is 14.9. The lowest BCUT2D eigenvalue weighted by Gasteiger charge is -2.38. The normalized spacial score (nSPS) is 21.3. The van der Waals surface area contributed by atoms with Crippen LogP contribution in [0.15, 0.2) is 22.6 Å². The average Bonchev–Trinajstić information content (AvgIpc) is 2.83. The van der Waals surface area contributed by atoms with Crippen LogP contribution < -0.4 is 5.32 Å². The molecule has 1 unspecified atom stereocenters. The number of fused-ring (bicyclic) bond motifs is 1. The Morgan fingerprint density at radius 2 is 2.24 bits per heavy atom. The first-order valence-electron chi connectivity index (χ1n) is 7.28. The smallest absolute Gasteiger partial charge is 0.298 e. The van der Waals surface area contributed by atoms with Crippen LogP contribution in [0.4, 0.5) is 11.7 Å². The van der Waals surface area contributed by atoms with E-state index in [1.807, 2.05) is 0 Å². The molecule has 1 aromatic carbocycles. The Kier molecular flexibility index (Phi) is 3.31. The van der Waals surface area contributed by atoms with Gasteiger partial charge in [0.05, 0.1) is 4.92 Å². The van der Waals surface area contributed by atoms with Gasteiger partial charge in [-0.2, -0.15) is 4.98 Å². The predicted octanol–water partition coefficient (Wildman–Crippen LogP) is 4.12. The van der Waals surface area contributed by atoms with Crippen LogP contribution in [0.2, 0.25) is 0 Å². The van der Waals surface area contributed by atoms with Crippen molar-refractivity contribution in [1.29, 1.82) is 0 Å². The van der Waals surface area contributed by atoms with Crippen LogP contribution in [0.3, 0.4) is 0 Å². The van der Waals surface area contributed by atoms with Gasteiger partial charge in [0.25, 0.3) is 11.7 Å². The fourth-order valence-electron chi connectivity index (χ4n) is 3.05. The van der Waals surface area contributed by atoms with Gasteiger partial charge < -0.3 is 9.73 Å². The van der Waals surface area contributed by atoms with E-state index in [4.69, 9.17) is 4.42 Å². The zero-order valence-corrected chi connectivity index (χ0v) is 12.3. The Labute approximate surface area is 122 Å². The third-order valence-electron chi connectivity index (χ3n) is 4.40. The fraction of sp³-hybridized carbons (Fsp3) is 0.533. The Bertz CT molecular complexity index is 678. The van der Waals surface area contributed by atoms with Gasteiger partial charge in [-0.3, -0.25) is 10.1 Å². The topological polar surface area (TPSA) is 81.2 Å². The number of oxazole rings is 1. The SMILES string of the molecule is CC1(C)CCCCC1Nc1nc2c([N+](=O)[O-])cccc2o1. The Balaban J connectivity index is 1.91. The summed E-state index contributed by atoms with van der Waals surface area (Å²) in [5.41, 5.74) is 0.899. The van der Waals surface area contributed by atoms with E-state index in [9.17, 15) is 10.1 Å². The summed E-state index contributed by atoms with van der Waals surface area (Å²) in [5, 5.41) is 14.3. The van der Waals surface area contributed by atoms with E-state index >= 15 is 0 Å². The van der Waals surface area contributed by atoms with E-state index in [-0.39, 0.29) is 17.1 Å². The molecule has 1 aliphatic rings. The number of nitrogens with one attached hydrogen (secondary N) is 1. The van der Waals surface area contributed by atoms with Crippen LogP contribution in [0.5, 0.6) is 0 Å². The number of nitro groups is 1. The number of aromatic nitrogens is 1. The van der Waals surface area contributed by atoms with Crippen molar-refractivity contribution < 1.29 is 9.34 Å². The molecule has 1 aromatic heterocycles. The highest BCUT2D eigenvalue weighted by Crippen LogP contribution is 2.38. The second-order valence-corrected chi connectivity index (χ2v) is 6.33. The van der Waals surface area contributed by atoms with Gasteiger partial charge in [0, 0.05) is 12.1 Å². The first-order chi connectivity index (χ1) is 9.97. The summed E-state index contributed by atoms with van der Waals surface area (Å²) in [7, 11) is 0. The van der Waals surface area contributed by atoms with E-state index in [0.29, 0.717) is 17.1 Å². The van der Waals surface area contributed by atoms with Crippen molar-refractivity contribution in [1.82, 2.24) is 4.98 Å². The quantitative estimate of drug-likeness (QED) is 0.679. The Morgan fingerprint density at radius 1 is 1.43 bits per heavy atom.